The number of benzene rings is 1. The molecule has 7 nitrogen and oxygen atoms in total. The highest BCUT2D eigenvalue weighted by molar-refractivity contribution is 5.49. The molecule has 2 atom stereocenters. The lowest BCUT2D eigenvalue weighted by Gasteiger charge is -2.17. The van der Waals surface area contributed by atoms with Gasteiger partial charge in [0.25, 0.3) is 11.4 Å². The SMILES string of the molecule is Cc1cccc(F)c1[C@@H]1CC[C@H](c2cc(-c3noc(C(F)F)n3)nn(Cc3ncccc3C(F)(F)F)c2=O)C1. The maximum Gasteiger partial charge on any atom is 0.418 e. The van der Waals surface area contributed by atoms with E-state index >= 15 is 0 Å². The Labute approximate surface area is 217 Å². The summed E-state index contributed by atoms with van der Waals surface area (Å²) in [5.41, 5.74) is -0.783. The van der Waals surface area contributed by atoms with Gasteiger partial charge in [0.15, 0.2) is 0 Å². The van der Waals surface area contributed by atoms with E-state index < -0.39 is 47.8 Å². The molecular weight excluding hydrogens is 528 g/mol. The van der Waals surface area contributed by atoms with Gasteiger partial charge in [0, 0.05) is 11.8 Å². The highest BCUT2D eigenvalue weighted by Gasteiger charge is 2.35. The molecule has 1 aromatic carbocycles. The molecule has 0 unspecified atom stereocenters. The minimum atomic E-state index is -4.73. The number of rotatable bonds is 6. The van der Waals surface area contributed by atoms with Gasteiger partial charge in [-0.1, -0.05) is 17.3 Å². The predicted octanol–water partition coefficient (Wildman–Crippen LogP) is 6.19. The topological polar surface area (TPSA) is 86.7 Å². The summed E-state index contributed by atoms with van der Waals surface area (Å²) in [7, 11) is 0. The second kappa shape index (κ2) is 10.3. The molecule has 13 heteroatoms. The third-order valence-corrected chi connectivity index (χ3v) is 6.91. The number of hydrogen-bond acceptors (Lipinski definition) is 6. The van der Waals surface area contributed by atoms with Crippen LogP contribution in [-0.2, 0) is 12.7 Å². The fourth-order valence-corrected chi connectivity index (χ4v) is 5.15. The monoisotopic (exact) mass is 549 g/mol. The summed E-state index contributed by atoms with van der Waals surface area (Å²) in [6.45, 7) is 1.16. The normalized spacial score (nSPS) is 17.7. The molecule has 1 aliphatic rings. The minimum absolute atomic E-state index is 0.129. The van der Waals surface area contributed by atoms with Gasteiger partial charge in [-0.05, 0) is 73.4 Å². The number of halogens is 6. The Morgan fingerprint density at radius 3 is 2.59 bits per heavy atom. The van der Waals surface area contributed by atoms with Gasteiger partial charge in [-0.3, -0.25) is 9.78 Å². The van der Waals surface area contributed by atoms with Crippen LogP contribution in [0.25, 0.3) is 11.5 Å². The average Bonchev–Trinajstić information content (AvgIpc) is 3.56. The van der Waals surface area contributed by atoms with Gasteiger partial charge in [0.1, 0.15) is 11.5 Å². The van der Waals surface area contributed by atoms with Crippen LogP contribution in [0.3, 0.4) is 0 Å². The van der Waals surface area contributed by atoms with E-state index in [2.05, 4.69) is 24.7 Å². The van der Waals surface area contributed by atoms with Crippen LogP contribution in [-0.4, -0.2) is 24.9 Å². The van der Waals surface area contributed by atoms with E-state index in [1.54, 1.807) is 19.1 Å². The lowest BCUT2D eigenvalue weighted by molar-refractivity contribution is -0.138. The highest BCUT2D eigenvalue weighted by atomic mass is 19.4. The molecule has 3 heterocycles. The molecule has 0 N–H and O–H groups in total. The lowest BCUT2D eigenvalue weighted by Crippen LogP contribution is -2.29. The molecule has 39 heavy (non-hydrogen) atoms. The molecule has 0 spiro atoms. The van der Waals surface area contributed by atoms with E-state index in [0.29, 0.717) is 24.8 Å². The summed E-state index contributed by atoms with van der Waals surface area (Å²) in [6.07, 6.45) is -5.18. The Morgan fingerprint density at radius 1 is 1.13 bits per heavy atom. The van der Waals surface area contributed by atoms with Gasteiger partial charge < -0.3 is 4.52 Å². The second-order valence-electron chi connectivity index (χ2n) is 9.38. The van der Waals surface area contributed by atoms with Gasteiger partial charge >= 0.3 is 12.6 Å². The van der Waals surface area contributed by atoms with Crippen LogP contribution in [0.2, 0.25) is 0 Å². The summed E-state index contributed by atoms with van der Waals surface area (Å²) in [5.74, 6) is -2.26. The van der Waals surface area contributed by atoms with E-state index in [1.807, 2.05) is 0 Å². The van der Waals surface area contributed by atoms with Crippen LogP contribution in [0.4, 0.5) is 26.3 Å². The molecule has 3 aromatic heterocycles. The number of pyridine rings is 1. The first-order chi connectivity index (χ1) is 18.5. The van der Waals surface area contributed by atoms with Crippen molar-refractivity contribution in [1.82, 2.24) is 24.9 Å². The zero-order valence-corrected chi connectivity index (χ0v) is 20.4. The number of aromatic nitrogens is 5. The number of aryl methyl sites for hydroxylation is 1. The molecule has 204 valence electrons. The van der Waals surface area contributed by atoms with Crippen molar-refractivity contribution in [2.24, 2.45) is 0 Å². The van der Waals surface area contributed by atoms with Crippen LogP contribution in [0.15, 0.2) is 51.9 Å². The maximum absolute atomic E-state index is 14.6. The van der Waals surface area contributed by atoms with Gasteiger partial charge in [0.05, 0.1) is 17.8 Å². The van der Waals surface area contributed by atoms with E-state index in [-0.39, 0.29) is 28.8 Å². The average molecular weight is 549 g/mol. The minimum Gasteiger partial charge on any atom is -0.333 e. The summed E-state index contributed by atoms with van der Waals surface area (Å²) < 4.78 is 86.9. The molecule has 0 bridgehead atoms. The van der Waals surface area contributed by atoms with E-state index in [4.69, 9.17) is 0 Å². The summed E-state index contributed by atoms with van der Waals surface area (Å²) in [5, 5.41) is 7.58. The Morgan fingerprint density at radius 2 is 1.90 bits per heavy atom. The molecule has 0 saturated heterocycles. The third-order valence-electron chi connectivity index (χ3n) is 6.91. The molecule has 1 fully saturated rings. The molecule has 1 saturated carbocycles. The predicted molar refractivity (Wildman–Crippen MR) is 126 cm³/mol. The second-order valence-corrected chi connectivity index (χ2v) is 9.38. The molecule has 4 aromatic rings. The van der Waals surface area contributed by atoms with Crippen molar-refractivity contribution in [3.05, 3.63) is 92.6 Å². The fraction of sp³-hybridized carbons (Fsp3) is 0.346. The molecule has 0 amide bonds. The van der Waals surface area contributed by atoms with E-state index in [1.165, 1.54) is 12.1 Å². The molecule has 5 rings (SSSR count). The smallest absolute Gasteiger partial charge is 0.333 e. The number of nitrogens with zero attached hydrogens (tertiary/aromatic N) is 5. The fourth-order valence-electron chi connectivity index (χ4n) is 5.15. The van der Waals surface area contributed by atoms with Crippen molar-refractivity contribution in [2.45, 2.75) is 57.2 Å². The number of alkyl halides is 5. The van der Waals surface area contributed by atoms with E-state index in [0.717, 1.165) is 28.6 Å². The van der Waals surface area contributed by atoms with Crippen LogP contribution in [0.1, 0.15) is 71.4 Å². The van der Waals surface area contributed by atoms with Crippen molar-refractivity contribution in [1.29, 1.82) is 0 Å². The quantitative estimate of drug-likeness (QED) is 0.267. The summed E-state index contributed by atoms with van der Waals surface area (Å²) in [6, 6.07) is 8.08. The largest absolute Gasteiger partial charge is 0.418 e. The molecule has 1 aliphatic carbocycles. The van der Waals surface area contributed by atoms with Crippen molar-refractivity contribution < 1.29 is 30.9 Å². The van der Waals surface area contributed by atoms with Crippen molar-refractivity contribution in [3.8, 4) is 11.5 Å². The van der Waals surface area contributed by atoms with E-state index in [9.17, 15) is 31.1 Å². The summed E-state index contributed by atoms with van der Waals surface area (Å²) >= 11 is 0. The van der Waals surface area contributed by atoms with Gasteiger partial charge in [-0.2, -0.15) is 32.0 Å². The zero-order chi connectivity index (χ0) is 27.9. The Hall–Kier alpha value is -4.03. The highest BCUT2D eigenvalue weighted by Crippen LogP contribution is 2.44. The first-order valence-corrected chi connectivity index (χ1v) is 12.0. The van der Waals surface area contributed by atoms with Crippen LogP contribution in [0, 0.1) is 12.7 Å². The first-order valence-electron chi connectivity index (χ1n) is 12.0. The van der Waals surface area contributed by atoms with Crippen LogP contribution < -0.4 is 5.56 Å². The Bertz CT molecular complexity index is 1540. The molecular formula is C26H21F6N5O2. The van der Waals surface area contributed by atoms with Crippen LogP contribution in [0.5, 0.6) is 0 Å². The zero-order valence-electron chi connectivity index (χ0n) is 20.4. The van der Waals surface area contributed by atoms with Crippen molar-refractivity contribution in [3.63, 3.8) is 0 Å². The lowest BCUT2D eigenvalue weighted by atomic mass is 9.90. The molecule has 0 aliphatic heterocycles. The van der Waals surface area contributed by atoms with Crippen molar-refractivity contribution >= 4 is 0 Å². The maximum atomic E-state index is 14.6. The van der Waals surface area contributed by atoms with Crippen molar-refractivity contribution in [2.75, 3.05) is 0 Å². The van der Waals surface area contributed by atoms with Gasteiger partial charge in [-0.15, -0.1) is 0 Å². The standard InChI is InChI=1S/C26H21F6N5O2/c1-13-4-2-6-18(27)21(13)15-8-7-14(10-15)16-11-19(23-34-24(22(28)29)39-36-23)35-37(25(16)38)12-20-17(26(30,31)32)5-3-9-33-20/h2-6,9,11,14-15,22H,7-8,10,12H2,1H3/t14-,15+/m0/s1. The van der Waals surface area contributed by atoms with Crippen LogP contribution >= 0.6 is 0 Å². The Balaban J connectivity index is 1.58. The first kappa shape index (κ1) is 26.6. The van der Waals surface area contributed by atoms with Gasteiger partial charge in [-0.25, -0.2) is 9.07 Å². The third kappa shape index (κ3) is 5.30. The summed E-state index contributed by atoms with van der Waals surface area (Å²) in [4.78, 5) is 20.9. The van der Waals surface area contributed by atoms with Gasteiger partial charge in [0.2, 0.25) is 5.82 Å². The Kier molecular flexibility index (Phi) is 7.00. The molecule has 0 radical (unpaired) electrons. The number of hydrogen-bond donors (Lipinski definition) is 0.